The molecule has 2 aliphatic rings. The Morgan fingerprint density at radius 2 is 1.00 bits per heavy atom. The Labute approximate surface area is 353 Å². The molecule has 18 nitrogen and oxygen atoms in total. The summed E-state index contributed by atoms with van der Waals surface area (Å²) in [5.41, 5.74) is 5.88. The van der Waals surface area contributed by atoms with E-state index in [1.807, 2.05) is 35.0 Å². The van der Waals surface area contributed by atoms with Gasteiger partial charge in [-0.25, -0.2) is 19.6 Å². The van der Waals surface area contributed by atoms with Gasteiger partial charge < -0.3 is 49.6 Å². The number of carboxylic acid groups (broad SMARTS) is 2. The van der Waals surface area contributed by atoms with E-state index in [1.54, 1.807) is 0 Å². The third-order valence-electron chi connectivity index (χ3n) is 8.61. The van der Waals surface area contributed by atoms with Crippen LogP contribution in [0, 0.1) is 0 Å². The topological polar surface area (TPSA) is 243 Å². The molecular weight excluding hydrogens is 890 g/mol. The molecule has 0 unspecified atom stereocenters. The van der Waals surface area contributed by atoms with Crippen molar-refractivity contribution in [3.8, 4) is 89.4 Å². The van der Waals surface area contributed by atoms with E-state index in [0.717, 1.165) is 20.9 Å². The number of carbonyl (C=O) groups is 2. The van der Waals surface area contributed by atoms with E-state index in [0.29, 0.717) is 95.0 Å². The minimum absolute atomic E-state index is 0. The summed E-state index contributed by atoms with van der Waals surface area (Å²) in [4.78, 5) is 42.3. The molecule has 10 heterocycles. The van der Waals surface area contributed by atoms with Crippen LogP contribution in [-0.2, 0) is 19.5 Å². The maximum Gasteiger partial charge on any atom is 2.00 e. The molecule has 0 saturated heterocycles. The van der Waals surface area contributed by atoms with Gasteiger partial charge in [0.2, 0.25) is 0 Å². The third kappa shape index (κ3) is 8.11. The number of nitrogens with zero attached hydrogens (tertiary/aromatic N) is 10. The number of thiophene rings is 2. The number of aromatic nitrogens is 10. The Kier molecular flexibility index (Phi) is 11.1. The standard InChI is InChI=1S/2C19H13N5O4S.Ru/c2*25-19(26)10-1-2-20-12(5-10)13-6-11(7-14(22-13)15-8-21-24-23-15)18-17-16(9-29-18)27-3-4-28-17;/h2*1-2,5-9H,3-4H2,(H2,21,22,23,24,25,26);/q;;+2/p-2. The molecule has 0 fully saturated rings. The summed E-state index contributed by atoms with van der Waals surface area (Å²) in [6.07, 6.45) is 5.92. The number of aromatic carboxylic acids is 2. The van der Waals surface area contributed by atoms with Gasteiger partial charge in [-0.15, -0.1) is 22.7 Å². The fraction of sp³-hybridized carbons (Fsp3) is 0.105. The van der Waals surface area contributed by atoms with Gasteiger partial charge in [-0.05, 0) is 71.0 Å². The van der Waals surface area contributed by atoms with Gasteiger partial charge in [0, 0.05) is 23.2 Å². The van der Waals surface area contributed by atoms with Crippen LogP contribution < -0.4 is 29.1 Å². The summed E-state index contributed by atoms with van der Waals surface area (Å²) < 4.78 is 22.9. The number of rotatable bonds is 8. The molecule has 0 amide bonds. The van der Waals surface area contributed by atoms with Crippen molar-refractivity contribution in [3.05, 3.63) is 95.2 Å². The number of carboxylic acids is 2. The van der Waals surface area contributed by atoms with Crippen LogP contribution in [0.5, 0.6) is 23.0 Å². The molecule has 8 aromatic heterocycles. The van der Waals surface area contributed by atoms with Gasteiger partial charge in [0.15, 0.2) is 23.0 Å². The van der Waals surface area contributed by atoms with Crippen molar-refractivity contribution in [2.75, 3.05) is 26.4 Å². The molecule has 0 aromatic carbocycles. The van der Waals surface area contributed by atoms with E-state index in [2.05, 4.69) is 50.8 Å². The van der Waals surface area contributed by atoms with Crippen molar-refractivity contribution in [2.45, 2.75) is 0 Å². The predicted octanol–water partition coefficient (Wildman–Crippen LogP) is 5.51. The number of pyridine rings is 4. The van der Waals surface area contributed by atoms with Crippen LogP contribution in [0.25, 0.3) is 66.4 Å². The van der Waals surface area contributed by atoms with Crippen molar-refractivity contribution in [3.63, 3.8) is 0 Å². The zero-order chi connectivity index (χ0) is 39.6. The summed E-state index contributed by atoms with van der Waals surface area (Å²) in [5, 5.41) is 45.1. The van der Waals surface area contributed by atoms with E-state index >= 15 is 0 Å². The number of fused-ring (bicyclic) bond motifs is 2. The molecule has 0 spiro atoms. The second-order valence-electron chi connectivity index (χ2n) is 12.3. The van der Waals surface area contributed by atoms with Gasteiger partial charge in [0.1, 0.15) is 26.4 Å². The van der Waals surface area contributed by atoms with E-state index in [9.17, 15) is 19.8 Å². The zero-order valence-corrected chi connectivity index (χ0v) is 33.3. The monoisotopic (exact) mass is 914 g/mol. The fourth-order valence-electron chi connectivity index (χ4n) is 5.98. The van der Waals surface area contributed by atoms with Crippen molar-refractivity contribution >= 4 is 34.6 Å². The molecule has 10 rings (SSSR count). The minimum Gasteiger partial charge on any atom is -0.485 e. The predicted molar refractivity (Wildman–Crippen MR) is 206 cm³/mol. The number of hydrogen-bond acceptors (Lipinski definition) is 16. The summed E-state index contributed by atoms with van der Waals surface area (Å²) in [5.74, 6) is 0.712. The SMILES string of the molecule is O=C(O)c1ccnc(-c2cc(-c3scc4c3OCCO4)cc(-c3cnn[n-]3)n2)c1.O=C(O)c1ccnc(-c2cc(-c3scc4c3OCCO4)cc(-c3cnn[n-]3)n2)c1.[Ru+2]. The van der Waals surface area contributed by atoms with E-state index in [1.165, 1.54) is 71.7 Å². The largest absolute Gasteiger partial charge is 2.00 e. The van der Waals surface area contributed by atoms with E-state index in [-0.39, 0.29) is 30.6 Å². The summed E-state index contributed by atoms with van der Waals surface area (Å²) in [6, 6.07) is 13.2. The molecule has 0 radical (unpaired) electrons. The molecule has 2 aliphatic heterocycles. The van der Waals surface area contributed by atoms with Crippen molar-refractivity contribution in [1.29, 1.82) is 0 Å². The molecule has 0 atom stereocenters. The third-order valence-corrected chi connectivity index (χ3v) is 10.6. The minimum atomic E-state index is -1.03. The first-order valence-corrected chi connectivity index (χ1v) is 19.0. The Bertz CT molecular complexity index is 2610. The van der Waals surface area contributed by atoms with E-state index < -0.39 is 11.9 Å². The van der Waals surface area contributed by atoms with Crippen LogP contribution in [-0.4, -0.2) is 89.1 Å². The Hall–Kier alpha value is -6.96. The molecule has 294 valence electrons. The number of ether oxygens (including phenoxy) is 4. The molecule has 8 aromatic rings. The summed E-state index contributed by atoms with van der Waals surface area (Å²) in [6.45, 7) is 1.97. The zero-order valence-electron chi connectivity index (χ0n) is 29.9. The molecule has 0 aliphatic carbocycles. The molecule has 0 saturated carbocycles. The quantitative estimate of drug-likeness (QED) is 0.179. The second-order valence-corrected chi connectivity index (χ2v) is 14.0. The van der Waals surface area contributed by atoms with Crippen LogP contribution in [0.3, 0.4) is 0 Å². The number of hydrogen-bond donors (Lipinski definition) is 2. The second kappa shape index (κ2) is 16.9. The Morgan fingerprint density at radius 3 is 1.41 bits per heavy atom. The molecule has 2 N–H and O–H groups in total. The molecule has 21 heteroatoms. The average Bonchev–Trinajstić information content (AvgIpc) is 4.11. The molecule has 0 bridgehead atoms. The van der Waals surface area contributed by atoms with Crippen LogP contribution >= 0.6 is 22.7 Å². The van der Waals surface area contributed by atoms with Gasteiger partial charge in [0.05, 0.1) is 55.0 Å². The normalized spacial score (nSPS) is 12.5. The van der Waals surface area contributed by atoms with Gasteiger partial charge >= 0.3 is 31.4 Å². The fourth-order valence-corrected chi connectivity index (χ4v) is 7.82. The van der Waals surface area contributed by atoms with Gasteiger partial charge in [-0.2, -0.15) is 0 Å². The van der Waals surface area contributed by atoms with Crippen LogP contribution in [0.2, 0.25) is 0 Å². The van der Waals surface area contributed by atoms with Crippen LogP contribution in [0.15, 0.2) is 84.1 Å². The smallest absolute Gasteiger partial charge is 0.485 e. The average molecular weight is 914 g/mol. The van der Waals surface area contributed by atoms with Gasteiger partial charge in [0.25, 0.3) is 0 Å². The molecular formula is C38H24N10O8RuS2. The van der Waals surface area contributed by atoms with Gasteiger partial charge in [-0.3, -0.25) is 20.4 Å². The van der Waals surface area contributed by atoms with Crippen molar-refractivity contribution in [1.82, 2.24) is 50.8 Å². The van der Waals surface area contributed by atoms with Crippen molar-refractivity contribution < 1.29 is 58.2 Å². The maximum absolute atomic E-state index is 11.3. The van der Waals surface area contributed by atoms with Crippen molar-refractivity contribution in [2.24, 2.45) is 0 Å². The Balaban J connectivity index is 0.000000161. The van der Waals surface area contributed by atoms with Crippen LogP contribution in [0.1, 0.15) is 20.7 Å². The Morgan fingerprint density at radius 1 is 0.576 bits per heavy atom. The maximum atomic E-state index is 11.3. The first kappa shape index (κ1) is 38.9. The first-order valence-electron chi connectivity index (χ1n) is 17.2. The first-order chi connectivity index (χ1) is 28.4. The summed E-state index contributed by atoms with van der Waals surface area (Å²) in [7, 11) is 0. The van der Waals surface area contributed by atoms with Gasteiger partial charge in [-0.1, -0.05) is 12.4 Å². The van der Waals surface area contributed by atoms with Crippen LogP contribution in [0.4, 0.5) is 0 Å². The van der Waals surface area contributed by atoms with E-state index in [4.69, 9.17) is 18.9 Å². The molecule has 59 heavy (non-hydrogen) atoms. The summed E-state index contributed by atoms with van der Waals surface area (Å²) >= 11 is 2.98.